The molecule has 0 aromatic heterocycles. The van der Waals surface area contributed by atoms with Crippen LogP contribution in [-0.2, 0) is 0 Å². The summed E-state index contributed by atoms with van der Waals surface area (Å²) in [5, 5.41) is 0. The molecule has 0 aliphatic heterocycles. The zero-order valence-corrected chi connectivity index (χ0v) is 11.9. The van der Waals surface area contributed by atoms with Gasteiger partial charge in [-0.25, -0.2) is 0 Å². The topological polar surface area (TPSA) is 38.0 Å². The van der Waals surface area contributed by atoms with E-state index in [-0.39, 0.29) is 0 Å². The highest BCUT2D eigenvalue weighted by Crippen LogP contribution is 2.28. The lowest BCUT2D eigenvalue weighted by Crippen LogP contribution is -2.37. The van der Waals surface area contributed by atoms with Gasteiger partial charge in [-0.1, -0.05) is 58.8 Å². The van der Waals surface area contributed by atoms with E-state index in [2.05, 4.69) is 19.3 Å². The van der Waals surface area contributed by atoms with E-state index in [4.69, 9.17) is 5.84 Å². The molecule has 0 spiro atoms. The lowest BCUT2D eigenvalue weighted by molar-refractivity contribution is 0.290. The lowest BCUT2D eigenvalue weighted by Gasteiger charge is -2.25. The van der Waals surface area contributed by atoms with Crippen molar-refractivity contribution >= 4 is 0 Å². The van der Waals surface area contributed by atoms with Crippen LogP contribution in [0, 0.1) is 11.8 Å². The largest absolute Gasteiger partial charge is 0.271 e. The van der Waals surface area contributed by atoms with Gasteiger partial charge in [-0.15, -0.1) is 0 Å². The van der Waals surface area contributed by atoms with Crippen molar-refractivity contribution in [3.05, 3.63) is 0 Å². The lowest BCUT2D eigenvalue weighted by atomic mass is 9.84. The van der Waals surface area contributed by atoms with Crippen LogP contribution in [-0.4, -0.2) is 6.04 Å². The summed E-state index contributed by atoms with van der Waals surface area (Å²) in [5.74, 6) is 7.53. The van der Waals surface area contributed by atoms with E-state index in [0.717, 1.165) is 11.8 Å². The second-order valence-corrected chi connectivity index (χ2v) is 5.86. The number of nitrogens with one attached hydrogen (secondary N) is 1. The molecule has 0 saturated heterocycles. The minimum atomic E-state index is 0.543. The second kappa shape index (κ2) is 8.93. The third-order valence-electron chi connectivity index (χ3n) is 4.66. The van der Waals surface area contributed by atoms with Crippen LogP contribution in [0.3, 0.4) is 0 Å². The third kappa shape index (κ3) is 5.87. The predicted molar refractivity (Wildman–Crippen MR) is 75.6 cm³/mol. The molecule has 0 radical (unpaired) electrons. The Labute approximate surface area is 108 Å². The molecule has 0 aromatic rings. The van der Waals surface area contributed by atoms with Crippen LogP contribution in [0.25, 0.3) is 0 Å². The minimum Gasteiger partial charge on any atom is -0.271 e. The monoisotopic (exact) mass is 240 g/mol. The maximum atomic E-state index is 5.70. The Morgan fingerprint density at radius 1 is 1.12 bits per heavy atom. The molecule has 0 amide bonds. The summed E-state index contributed by atoms with van der Waals surface area (Å²) in [5.41, 5.74) is 3.04. The third-order valence-corrected chi connectivity index (χ3v) is 4.66. The normalized spacial score (nSPS) is 19.8. The fraction of sp³-hybridized carbons (Fsp3) is 1.00. The number of rotatable bonds is 8. The Bertz CT molecular complexity index is 172. The molecule has 1 atom stereocenters. The summed E-state index contributed by atoms with van der Waals surface area (Å²) in [4.78, 5) is 0. The van der Waals surface area contributed by atoms with Crippen LogP contribution >= 0.6 is 0 Å². The highest BCUT2D eigenvalue weighted by atomic mass is 15.2. The first-order valence-electron chi connectivity index (χ1n) is 7.76. The molecule has 1 aliphatic rings. The van der Waals surface area contributed by atoms with Crippen molar-refractivity contribution in [3.63, 3.8) is 0 Å². The number of nitrogens with two attached hydrogens (primary N) is 1. The van der Waals surface area contributed by atoms with Crippen molar-refractivity contribution in [1.29, 1.82) is 0 Å². The molecule has 1 fully saturated rings. The van der Waals surface area contributed by atoms with Crippen molar-refractivity contribution in [3.8, 4) is 0 Å². The summed E-state index contributed by atoms with van der Waals surface area (Å²) < 4.78 is 0. The summed E-state index contributed by atoms with van der Waals surface area (Å²) in [6, 6.07) is 0.543. The maximum absolute atomic E-state index is 5.70. The van der Waals surface area contributed by atoms with Gasteiger partial charge in [0.2, 0.25) is 0 Å². The first-order valence-corrected chi connectivity index (χ1v) is 7.76. The van der Waals surface area contributed by atoms with E-state index < -0.39 is 0 Å². The number of hydrogen-bond donors (Lipinski definition) is 2. The number of hydrazine groups is 1. The molecule has 3 N–H and O–H groups in total. The van der Waals surface area contributed by atoms with Gasteiger partial charge < -0.3 is 0 Å². The van der Waals surface area contributed by atoms with Crippen LogP contribution in [0.4, 0.5) is 0 Å². The fourth-order valence-electron chi connectivity index (χ4n) is 3.21. The van der Waals surface area contributed by atoms with Gasteiger partial charge in [0.15, 0.2) is 0 Å². The molecule has 102 valence electrons. The average molecular weight is 240 g/mol. The Morgan fingerprint density at radius 2 is 1.76 bits per heavy atom. The molecule has 1 saturated carbocycles. The van der Waals surface area contributed by atoms with Gasteiger partial charge >= 0.3 is 0 Å². The molecule has 1 aliphatic carbocycles. The van der Waals surface area contributed by atoms with E-state index in [1.165, 1.54) is 64.2 Å². The van der Waals surface area contributed by atoms with E-state index >= 15 is 0 Å². The molecule has 1 unspecified atom stereocenters. The maximum Gasteiger partial charge on any atom is 0.0213 e. The first kappa shape index (κ1) is 15.0. The van der Waals surface area contributed by atoms with E-state index in [9.17, 15) is 0 Å². The zero-order valence-electron chi connectivity index (χ0n) is 11.9. The Hall–Kier alpha value is -0.0800. The second-order valence-electron chi connectivity index (χ2n) is 5.86. The van der Waals surface area contributed by atoms with Crippen molar-refractivity contribution < 1.29 is 0 Å². The van der Waals surface area contributed by atoms with Crippen molar-refractivity contribution in [2.75, 3.05) is 0 Å². The summed E-state index contributed by atoms with van der Waals surface area (Å²) in [7, 11) is 0. The van der Waals surface area contributed by atoms with Gasteiger partial charge in [0.25, 0.3) is 0 Å². The van der Waals surface area contributed by atoms with Gasteiger partial charge in [0.05, 0.1) is 0 Å². The Morgan fingerprint density at radius 3 is 2.29 bits per heavy atom. The molecule has 2 nitrogen and oxygen atoms in total. The van der Waals surface area contributed by atoms with E-state index in [1.807, 2.05) is 0 Å². The fourth-order valence-corrected chi connectivity index (χ4v) is 3.21. The minimum absolute atomic E-state index is 0.543. The average Bonchev–Trinajstić information content (AvgIpc) is 2.40. The van der Waals surface area contributed by atoms with Gasteiger partial charge in [0.1, 0.15) is 0 Å². The van der Waals surface area contributed by atoms with Gasteiger partial charge in [-0.2, -0.15) is 0 Å². The van der Waals surface area contributed by atoms with Crippen molar-refractivity contribution in [2.45, 2.75) is 84.1 Å². The molecule has 0 bridgehead atoms. The van der Waals surface area contributed by atoms with E-state index in [1.54, 1.807) is 0 Å². The van der Waals surface area contributed by atoms with Gasteiger partial charge in [-0.05, 0) is 31.1 Å². The van der Waals surface area contributed by atoms with Crippen LogP contribution < -0.4 is 11.3 Å². The standard InChI is InChI=1S/C15H32N2/c1-3-13(4-2)12-15(17-16)11-10-14-8-6-5-7-9-14/h13-15,17H,3-12,16H2,1-2H3. The molecular formula is C15H32N2. The van der Waals surface area contributed by atoms with E-state index in [0.29, 0.717) is 6.04 Å². The molecule has 0 heterocycles. The summed E-state index contributed by atoms with van der Waals surface area (Å²) >= 11 is 0. The Balaban J connectivity index is 2.20. The predicted octanol–water partition coefficient (Wildman–Crippen LogP) is 4.01. The molecule has 2 heteroatoms. The molecular weight excluding hydrogens is 208 g/mol. The van der Waals surface area contributed by atoms with Crippen LogP contribution in [0.15, 0.2) is 0 Å². The van der Waals surface area contributed by atoms with Crippen molar-refractivity contribution in [1.82, 2.24) is 5.43 Å². The summed E-state index contributed by atoms with van der Waals surface area (Å²) in [6.45, 7) is 4.59. The van der Waals surface area contributed by atoms with Crippen LogP contribution in [0.5, 0.6) is 0 Å². The van der Waals surface area contributed by atoms with Gasteiger partial charge in [0, 0.05) is 6.04 Å². The van der Waals surface area contributed by atoms with Crippen LogP contribution in [0.1, 0.15) is 78.1 Å². The molecule has 1 rings (SSSR count). The van der Waals surface area contributed by atoms with Crippen molar-refractivity contribution in [2.24, 2.45) is 17.7 Å². The molecule has 0 aromatic carbocycles. The summed E-state index contributed by atoms with van der Waals surface area (Å²) in [6.07, 6.45) is 13.8. The SMILES string of the molecule is CCC(CC)CC(CCC1CCCCC1)NN. The van der Waals surface area contributed by atoms with Gasteiger partial charge in [-0.3, -0.25) is 11.3 Å². The van der Waals surface area contributed by atoms with Crippen LogP contribution in [0.2, 0.25) is 0 Å². The zero-order chi connectivity index (χ0) is 12.5. The highest BCUT2D eigenvalue weighted by Gasteiger charge is 2.17. The molecule has 17 heavy (non-hydrogen) atoms. The quantitative estimate of drug-likeness (QED) is 0.497. The highest BCUT2D eigenvalue weighted by molar-refractivity contribution is 4.73. The Kier molecular flexibility index (Phi) is 7.87. The smallest absolute Gasteiger partial charge is 0.0213 e. The number of hydrogen-bond acceptors (Lipinski definition) is 2. The first-order chi connectivity index (χ1) is 8.30.